The lowest BCUT2D eigenvalue weighted by atomic mass is 9.96. The summed E-state index contributed by atoms with van der Waals surface area (Å²) in [5, 5.41) is 4.85. The van der Waals surface area contributed by atoms with Crippen LogP contribution in [0.2, 0.25) is 0 Å². The summed E-state index contributed by atoms with van der Waals surface area (Å²) < 4.78 is 2.36. The molecule has 2 heterocycles. The molecule has 4 aromatic rings. The van der Waals surface area contributed by atoms with Gasteiger partial charge in [-0.3, -0.25) is 0 Å². The van der Waals surface area contributed by atoms with Gasteiger partial charge in [0.2, 0.25) is 0 Å². The summed E-state index contributed by atoms with van der Waals surface area (Å²) >= 11 is 1.80. The quantitative estimate of drug-likeness (QED) is 0.464. The molecule has 0 atom stereocenters. The second-order valence-electron chi connectivity index (χ2n) is 4.83. The number of hydrogen-bond donors (Lipinski definition) is 0. The Labute approximate surface area is 116 Å². The maximum Gasteiger partial charge on any atom is 0.139 e. The lowest BCUT2D eigenvalue weighted by molar-refractivity contribution is 1.20. The van der Waals surface area contributed by atoms with Gasteiger partial charge in [-0.15, -0.1) is 11.3 Å². The van der Waals surface area contributed by atoms with Gasteiger partial charge >= 0.3 is 0 Å². The predicted molar refractivity (Wildman–Crippen MR) is 86.8 cm³/mol. The van der Waals surface area contributed by atoms with Crippen molar-refractivity contribution in [3.63, 3.8) is 0 Å². The molecule has 3 heteroatoms. The van der Waals surface area contributed by atoms with Crippen LogP contribution in [-0.2, 0) is 0 Å². The largest absolute Gasteiger partial charge is 0.301 e. The molecule has 0 amide bonds. The molecule has 2 aromatic heterocycles. The molecule has 0 aliphatic rings. The highest BCUT2D eigenvalue weighted by Gasteiger charge is 2.12. The third-order valence-corrected chi connectivity index (χ3v) is 4.47. The molecule has 0 saturated heterocycles. The van der Waals surface area contributed by atoms with Crippen LogP contribution in [0, 0.1) is 0 Å². The zero-order chi connectivity index (χ0) is 12.8. The summed E-state index contributed by atoms with van der Waals surface area (Å²) in [6.07, 6.45) is 0. The molecule has 0 saturated carbocycles. The fraction of sp³-hybridized carbons (Fsp3) is 0. The Bertz CT molecular complexity index is 871. The molecule has 0 aliphatic carbocycles. The van der Waals surface area contributed by atoms with Crippen LogP contribution in [-0.4, -0.2) is 12.4 Å². The molecule has 2 aromatic carbocycles. The van der Waals surface area contributed by atoms with E-state index in [1.807, 2.05) is 0 Å². The molecule has 0 spiro atoms. The van der Waals surface area contributed by atoms with Crippen LogP contribution < -0.4 is 5.46 Å². The van der Waals surface area contributed by atoms with Crippen LogP contribution in [0.3, 0.4) is 0 Å². The van der Waals surface area contributed by atoms with Gasteiger partial charge in [-0.2, -0.15) is 0 Å². The smallest absolute Gasteiger partial charge is 0.139 e. The third-order valence-electron chi connectivity index (χ3n) is 3.58. The Morgan fingerprint density at radius 1 is 0.842 bits per heavy atom. The van der Waals surface area contributed by atoms with Crippen molar-refractivity contribution in [2.45, 2.75) is 0 Å². The zero-order valence-electron chi connectivity index (χ0n) is 10.6. The van der Waals surface area contributed by atoms with Crippen LogP contribution in [0.4, 0.5) is 0 Å². The molecule has 0 unspecified atom stereocenters. The Kier molecular flexibility index (Phi) is 2.29. The highest BCUT2D eigenvalue weighted by Crippen LogP contribution is 2.34. The van der Waals surface area contributed by atoms with Gasteiger partial charge < -0.3 is 4.57 Å². The Morgan fingerprint density at radius 2 is 1.63 bits per heavy atom. The van der Waals surface area contributed by atoms with Gasteiger partial charge in [0.15, 0.2) is 0 Å². The van der Waals surface area contributed by atoms with E-state index in [1.165, 1.54) is 32.3 Å². The lowest BCUT2D eigenvalue weighted by Crippen LogP contribution is -2.01. The number of rotatable bonds is 1. The van der Waals surface area contributed by atoms with Crippen LogP contribution >= 0.6 is 11.3 Å². The van der Waals surface area contributed by atoms with Gasteiger partial charge in [-0.05, 0) is 29.6 Å². The molecule has 1 nitrogen and oxygen atoms in total. The number of hydrogen-bond acceptors (Lipinski definition) is 1. The summed E-state index contributed by atoms with van der Waals surface area (Å²) in [7, 11) is 2.12. The molecule has 0 radical (unpaired) electrons. The van der Waals surface area contributed by atoms with E-state index in [-0.39, 0.29) is 0 Å². The van der Waals surface area contributed by atoms with Crippen molar-refractivity contribution in [3.8, 4) is 5.69 Å². The average molecular weight is 261 g/mol. The Balaban J connectivity index is 2.15. The van der Waals surface area contributed by atoms with E-state index in [1.54, 1.807) is 11.3 Å². The highest BCUT2D eigenvalue weighted by molar-refractivity contribution is 7.17. The van der Waals surface area contributed by atoms with E-state index < -0.39 is 0 Å². The first-order chi connectivity index (χ1) is 9.34. The number of fused-ring (bicyclic) bond motifs is 3. The van der Waals surface area contributed by atoms with Crippen LogP contribution in [0.5, 0.6) is 0 Å². The lowest BCUT2D eigenvalue weighted by Gasteiger charge is -2.06. The van der Waals surface area contributed by atoms with E-state index in [0.29, 0.717) is 0 Å². The Hall–Kier alpha value is -2.00. The van der Waals surface area contributed by atoms with Crippen LogP contribution in [0.15, 0.2) is 60.0 Å². The fourth-order valence-corrected chi connectivity index (χ4v) is 3.58. The van der Waals surface area contributed by atoms with E-state index >= 15 is 0 Å². The van der Waals surface area contributed by atoms with Crippen molar-refractivity contribution in [2.75, 3.05) is 0 Å². The fourth-order valence-electron chi connectivity index (χ4n) is 2.64. The molecule has 90 valence electrons. The summed E-state index contributed by atoms with van der Waals surface area (Å²) in [6, 6.07) is 19.6. The SMILES string of the molecule is Bc1ccc(-n2c3ccccc3c3ccsc32)cc1. The topological polar surface area (TPSA) is 4.93 Å². The minimum Gasteiger partial charge on any atom is -0.301 e. The zero-order valence-corrected chi connectivity index (χ0v) is 11.4. The molecular weight excluding hydrogens is 249 g/mol. The summed E-state index contributed by atoms with van der Waals surface area (Å²) in [4.78, 5) is 1.32. The highest BCUT2D eigenvalue weighted by atomic mass is 32.1. The second kappa shape index (κ2) is 4.00. The molecule has 19 heavy (non-hydrogen) atoms. The standard InChI is InChI=1S/C16H12BNS/c17-11-5-7-12(8-6-11)18-15-4-2-1-3-13(15)14-9-10-19-16(14)18/h1-10H,17H2. The first kappa shape index (κ1) is 10.9. The molecule has 4 rings (SSSR count). The van der Waals surface area contributed by atoms with Gasteiger partial charge in [0.25, 0.3) is 0 Å². The van der Waals surface area contributed by atoms with Crippen molar-refractivity contribution >= 4 is 45.8 Å². The average Bonchev–Trinajstić information content (AvgIpc) is 3.00. The van der Waals surface area contributed by atoms with Crippen molar-refractivity contribution in [2.24, 2.45) is 0 Å². The van der Waals surface area contributed by atoms with Crippen molar-refractivity contribution < 1.29 is 0 Å². The van der Waals surface area contributed by atoms with Gasteiger partial charge in [0.05, 0.1) is 5.52 Å². The number of aromatic nitrogens is 1. The van der Waals surface area contributed by atoms with E-state index in [2.05, 4.69) is 72.4 Å². The Morgan fingerprint density at radius 3 is 2.47 bits per heavy atom. The van der Waals surface area contributed by atoms with E-state index in [0.717, 1.165) is 0 Å². The first-order valence-electron chi connectivity index (χ1n) is 6.38. The maximum absolute atomic E-state index is 2.36. The third kappa shape index (κ3) is 1.55. The first-order valence-corrected chi connectivity index (χ1v) is 7.26. The normalized spacial score (nSPS) is 11.4. The van der Waals surface area contributed by atoms with Crippen molar-refractivity contribution in [3.05, 3.63) is 60.0 Å². The number of para-hydroxylation sites is 1. The summed E-state index contributed by atoms with van der Waals surface area (Å²) in [5.41, 5.74) is 3.81. The van der Waals surface area contributed by atoms with Crippen LogP contribution in [0.1, 0.15) is 0 Å². The maximum atomic E-state index is 2.36. The molecular formula is C16H12BNS. The van der Waals surface area contributed by atoms with E-state index in [4.69, 9.17) is 0 Å². The monoisotopic (exact) mass is 261 g/mol. The van der Waals surface area contributed by atoms with Crippen molar-refractivity contribution in [1.29, 1.82) is 0 Å². The van der Waals surface area contributed by atoms with Gasteiger partial charge in [0, 0.05) is 16.5 Å². The van der Waals surface area contributed by atoms with E-state index in [9.17, 15) is 0 Å². The predicted octanol–water partition coefficient (Wildman–Crippen LogP) is 3.10. The summed E-state index contributed by atoms with van der Waals surface area (Å²) in [5.74, 6) is 0. The minimum absolute atomic E-state index is 1.24. The number of benzene rings is 2. The second-order valence-corrected chi connectivity index (χ2v) is 5.72. The van der Waals surface area contributed by atoms with Crippen LogP contribution in [0.25, 0.3) is 26.8 Å². The molecule has 0 N–H and O–H groups in total. The molecule has 0 aliphatic heterocycles. The van der Waals surface area contributed by atoms with Gasteiger partial charge in [0.1, 0.15) is 12.7 Å². The molecule has 0 fully saturated rings. The van der Waals surface area contributed by atoms with Gasteiger partial charge in [-0.1, -0.05) is 35.8 Å². The summed E-state index contributed by atoms with van der Waals surface area (Å²) in [6.45, 7) is 0. The number of thiophene rings is 1. The number of nitrogens with zero attached hydrogens (tertiary/aromatic N) is 1. The van der Waals surface area contributed by atoms with Gasteiger partial charge in [-0.25, -0.2) is 0 Å². The molecule has 0 bridgehead atoms. The van der Waals surface area contributed by atoms with Crippen molar-refractivity contribution in [1.82, 2.24) is 4.57 Å². The minimum atomic E-state index is 1.24.